The number of ether oxygens (including phenoxy) is 2. The van der Waals surface area contributed by atoms with Gasteiger partial charge in [0, 0.05) is 35.3 Å². The van der Waals surface area contributed by atoms with E-state index >= 15 is 0 Å². The lowest BCUT2D eigenvalue weighted by Gasteiger charge is -2.27. The molecule has 2 aromatic rings. The van der Waals surface area contributed by atoms with Crippen molar-refractivity contribution in [3.05, 3.63) is 62.9 Å². The number of nitrogens with one attached hydrogen (secondary N) is 1. The minimum Gasteiger partial charge on any atom is -0.453 e. The number of fused-ring (bicyclic) bond motifs is 2. The van der Waals surface area contributed by atoms with Crippen molar-refractivity contribution in [2.45, 2.75) is 35.6 Å². The predicted molar refractivity (Wildman–Crippen MR) is 118 cm³/mol. The van der Waals surface area contributed by atoms with E-state index in [9.17, 15) is 26.4 Å². The predicted octanol–water partition coefficient (Wildman–Crippen LogP) is 3.20. The van der Waals surface area contributed by atoms with E-state index in [0.717, 1.165) is 11.8 Å². The third-order valence-electron chi connectivity index (χ3n) is 6.12. The Balaban J connectivity index is 1.51. The van der Waals surface area contributed by atoms with Gasteiger partial charge in [-0.05, 0) is 18.9 Å². The number of pyridine rings is 1. The van der Waals surface area contributed by atoms with E-state index < -0.39 is 32.4 Å². The molecule has 0 bridgehead atoms. The fraction of sp³-hybridized carbons (Fsp3) is 0.381. The van der Waals surface area contributed by atoms with Gasteiger partial charge in [0.1, 0.15) is 10.00 Å². The maximum Gasteiger partial charge on any atom is 0.401 e. The average molecular weight is 501 g/mol. The van der Waals surface area contributed by atoms with Crippen LogP contribution in [-0.4, -0.2) is 37.7 Å². The zero-order valence-corrected chi connectivity index (χ0v) is 18.8. The topological polar surface area (TPSA) is 86.6 Å². The standard InChI is InChI=1S/C21H19F3N2O5S2/c22-21(23,24)17-6-5-12(32-17)10-25-14-4-2-1-3-13(14)20(33(28)29)7-8-26-16(20)9-15-18(19(26)27)31-11-30-15/h1-5,9,17,25,33H,6-8,10-11H2. The van der Waals surface area contributed by atoms with Gasteiger partial charge >= 0.3 is 6.18 Å². The third kappa shape index (κ3) is 3.59. The van der Waals surface area contributed by atoms with Crippen LogP contribution in [0, 0.1) is 0 Å². The molecular formula is C21H19F3N2O5S2. The van der Waals surface area contributed by atoms with Crippen molar-refractivity contribution in [3.63, 3.8) is 0 Å². The number of nitrogens with zero attached hydrogens (tertiary/aromatic N) is 1. The normalized spacial score (nSPS) is 23.6. The Morgan fingerprint density at radius 1 is 1.24 bits per heavy atom. The zero-order valence-electron chi connectivity index (χ0n) is 17.1. The number of thiol groups is 1. The summed E-state index contributed by atoms with van der Waals surface area (Å²) in [5.74, 6) is 0.261. The second kappa shape index (κ2) is 8.01. The molecule has 5 rings (SSSR count). The van der Waals surface area contributed by atoms with E-state index in [1.165, 1.54) is 10.6 Å². The SMILES string of the molecule is O=c1c2c(cc3n1CCC3(c1ccccc1NCC1=CCC(C(F)(F)F)S1)[SH](=O)=O)OCO2. The lowest BCUT2D eigenvalue weighted by atomic mass is 9.91. The molecule has 176 valence electrons. The quantitative estimate of drug-likeness (QED) is 0.610. The number of hydrogen-bond acceptors (Lipinski definition) is 7. The molecule has 1 aromatic carbocycles. The van der Waals surface area contributed by atoms with Crippen molar-refractivity contribution in [2.75, 3.05) is 18.7 Å². The van der Waals surface area contributed by atoms with Gasteiger partial charge in [-0.1, -0.05) is 24.3 Å². The van der Waals surface area contributed by atoms with Crippen LogP contribution in [0.3, 0.4) is 0 Å². The summed E-state index contributed by atoms with van der Waals surface area (Å²) in [6.45, 7) is 0.193. The van der Waals surface area contributed by atoms with Crippen molar-refractivity contribution in [1.82, 2.24) is 4.57 Å². The first kappa shape index (κ1) is 22.2. The van der Waals surface area contributed by atoms with Crippen LogP contribution in [-0.2, 0) is 22.0 Å². The maximum atomic E-state index is 13.0. The van der Waals surface area contributed by atoms with Crippen LogP contribution in [0.25, 0.3) is 0 Å². The summed E-state index contributed by atoms with van der Waals surface area (Å²) in [6, 6.07) is 8.28. The highest BCUT2D eigenvalue weighted by molar-refractivity contribution is 8.04. The molecule has 0 saturated carbocycles. The summed E-state index contributed by atoms with van der Waals surface area (Å²) in [6.07, 6.45) is -2.69. The van der Waals surface area contributed by atoms with Crippen molar-refractivity contribution in [3.8, 4) is 11.5 Å². The van der Waals surface area contributed by atoms with Gasteiger partial charge in [0.25, 0.3) is 5.56 Å². The Morgan fingerprint density at radius 2 is 2.03 bits per heavy atom. The van der Waals surface area contributed by atoms with Crippen molar-refractivity contribution < 1.29 is 31.1 Å². The molecule has 0 fully saturated rings. The van der Waals surface area contributed by atoms with Crippen LogP contribution in [0.2, 0.25) is 0 Å². The fourth-order valence-electron chi connectivity index (χ4n) is 4.53. The van der Waals surface area contributed by atoms with Gasteiger partial charge in [-0.15, -0.1) is 11.8 Å². The Labute approximate surface area is 192 Å². The molecule has 0 radical (unpaired) electrons. The van der Waals surface area contributed by atoms with Gasteiger partial charge in [-0.3, -0.25) is 4.79 Å². The number of halogens is 3. The first-order chi connectivity index (χ1) is 15.7. The van der Waals surface area contributed by atoms with Crippen molar-refractivity contribution in [1.29, 1.82) is 0 Å². The highest BCUT2D eigenvalue weighted by Gasteiger charge is 2.48. The summed E-state index contributed by atoms with van der Waals surface area (Å²) >= 11 is 0.763. The van der Waals surface area contributed by atoms with E-state index in [-0.39, 0.29) is 49.9 Å². The van der Waals surface area contributed by atoms with E-state index in [1.807, 2.05) is 0 Å². The molecule has 12 heteroatoms. The number of allylic oxidation sites excluding steroid dienone is 1. The van der Waals surface area contributed by atoms with E-state index in [2.05, 4.69) is 5.32 Å². The molecule has 0 saturated heterocycles. The molecular weight excluding hydrogens is 481 g/mol. The number of alkyl halides is 3. The van der Waals surface area contributed by atoms with E-state index in [1.54, 1.807) is 30.3 Å². The summed E-state index contributed by atoms with van der Waals surface area (Å²) in [5, 5.41) is 1.65. The van der Waals surface area contributed by atoms with Crippen LogP contribution >= 0.6 is 11.8 Å². The molecule has 1 aromatic heterocycles. The number of rotatable bonds is 5. The lowest BCUT2D eigenvalue weighted by Crippen LogP contribution is -2.30. The Bertz CT molecular complexity index is 1280. The number of hydrogen-bond donors (Lipinski definition) is 2. The van der Waals surface area contributed by atoms with Crippen LogP contribution in [0.5, 0.6) is 11.5 Å². The molecule has 2 unspecified atom stereocenters. The van der Waals surface area contributed by atoms with Gasteiger partial charge in [-0.2, -0.15) is 13.2 Å². The second-order valence-corrected chi connectivity index (χ2v) is 10.5. The molecule has 7 nitrogen and oxygen atoms in total. The van der Waals surface area contributed by atoms with Gasteiger partial charge in [-0.25, -0.2) is 8.42 Å². The lowest BCUT2D eigenvalue weighted by molar-refractivity contribution is -0.127. The number of thioether (sulfide) groups is 1. The van der Waals surface area contributed by atoms with Crippen LogP contribution in [0.15, 0.2) is 46.1 Å². The Kier molecular flexibility index (Phi) is 5.39. The van der Waals surface area contributed by atoms with Crippen LogP contribution < -0.4 is 20.3 Å². The van der Waals surface area contributed by atoms with E-state index in [4.69, 9.17) is 9.47 Å². The van der Waals surface area contributed by atoms with Crippen molar-refractivity contribution >= 4 is 28.2 Å². The molecule has 3 aliphatic rings. The molecule has 33 heavy (non-hydrogen) atoms. The first-order valence-electron chi connectivity index (χ1n) is 10.2. The number of benzene rings is 1. The maximum absolute atomic E-state index is 13.0. The summed E-state index contributed by atoms with van der Waals surface area (Å²) in [5.41, 5.74) is 0.748. The van der Waals surface area contributed by atoms with Crippen molar-refractivity contribution in [2.24, 2.45) is 0 Å². The Morgan fingerprint density at radius 3 is 2.76 bits per heavy atom. The minimum atomic E-state index is -4.28. The molecule has 0 amide bonds. The number of aromatic nitrogens is 1. The first-order valence-corrected chi connectivity index (χ1v) is 12.2. The highest BCUT2D eigenvalue weighted by atomic mass is 32.2. The van der Waals surface area contributed by atoms with Crippen LogP contribution in [0.4, 0.5) is 18.9 Å². The number of anilines is 1. The summed E-state index contributed by atoms with van der Waals surface area (Å²) in [4.78, 5) is 13.4. The zero-order chi connectivity index (χ0) is 23.4. The van der Waals surface area contributed by atoms with Gasteiger partial charge < -0.3 is 19.4 Å². The summed E-state index contributed by atoms with van der Waals surface area (Å²) < 4.78 is 74.9. The molecule has 2 atom stereocenters. The van der Waals surface area contributed by atoms with E-state index in [0.29, 0.717) is 16.2 Å². The number of para-hydroxylation sites is 1. The van der Waals surface area contributed by atoms with Gasteiger partial charge in [0.2, 0.25) is 12.5 Å². The third-order valence-corrected chi connectivity index (χ3v) is 8.79. The molecule has 0 spiro atoms. The van der Waals surface area contributed by atoms with Gasteiger partial charge in [0.15, 0.2) is 16.5 Å². The fourth-order valence-corrected chi connectivity index (χ4v) is 6.62. The highest BCUT2D eigenvalue weighted by Crippen LogP contribution is 2.47. The molecule has 1 N–H and O–H groups in total. The Hall–Kier alpha value is -2.60. The van der Waals surface area contributed by atoms with Gasteiger partial charge in [0.05, 0.1) is 5.69 Å². The molecule has 0 aliphatic carbocycles. The summed E-state index contributed by atoms with van der Waals surface area (Å²) in [7, 11) is -3.09. The molecule has 3 aliphatic heterocycles. The minimum absolute atomic E-state index is 0.0616. The van der Waals surface area contributed by atoms with Crippen LogP contribution in [0.1, 0.15) is 24.1 Å². The average Bonchev–Trinajstić information content (AvgIpc) is 3.51. The second-order valence-electron chi connectivity index (χ2n) is 7.91. The smallest absolute Gasteiger partial charge is 0.401 e. The monoisotopic (exact) mass is 500 g/mol. The largest absolute Gasteiger partial charge is 0.453 e. The molecule has 4 heterocycles.